The lowest BCUT2D eigenvalue weighted by molar-refractivity contribution is 0.269. The van der Waals surface area contributed by atoms with Gasteiger partial charge in [0.25, 0.3) is 0 Å². The molecule has 0 aliphatic carbocycles. The fraction of sp³-hybridized carbons (Fsp3) is 0.533. The largest absolute Gasteiger partial charge is 0.494 e. The summed E-state index contributed by atoms with van der Waals surface area (Å²) in [6, 6.07) is 7.96. The molecular weight excluding hydrogens is 238 g/mol. The molecule has 1 aromatic carbocycles. The second kappa shape index (κ2) is 5.95. The number of hydrogen-bond acceptors (Lipinski definition) is 4. The monoisotopic (exact) mass is 259 g/mol. The Kier molecular flexibility index (Phi) is 4.30. The van der Waals surface area contributed by atoms with E-state index < -0.39 is 0 Å². The third-order valence-electron chi connectivity index (χ3n) is 3.00. The van der Waals surface area contributed by atoms with Crippen LogP contribution in [0.25, 0.3) is 0 Å². The molecule has 4 heteroatoms. The van der Waals surface area contributed by atoms with Gasteiger partial charge in [-0.15, -0.1) is 5.10 Å². The maximum Gasteiger partial charge on any atom is 0.135 e. The second-order valence-corrected chi connectivity index (χ2v) is 6.00. The number of rotatable bonds is 5. The van der Waals surface area contributed by atoms with Crippen molar-refractivity contribution in [2.75, 3.05) is 6.61 Å². The van der Waals surface area contributed by atoms with Gasteiger partial charge in [-0.3, -0.25) is 0 Å². The average molecular weight is 259 g/mol. The maximum atomic E-state index is 5.73. The van der Waals surface area contributed by atoms with Gasteiger partial charge in [0.1, 0.15) is 11.8 Å². The van der Waals surface area contributed by atoms with E-state index in [4.69, 9.17) is 4.74 Å². The first-order valence-corrected chi connectivity index (χ1v) is 6.71. The van der Waals surface area contributed by atoms with Gasteiger partial charge in [0.05, 0.1) is 12.8 Å². The van der Waals surface area contributed by atoms with E-state index in [9.17, 15) is 0 Å². The zero-order valence-electron chi connectivity index (χ0n) is 11.8. The van der Waals surface area contributed by atoms with Crippen molar-refractivity contribution in [2.45, 2.75) is 39.7 Å². The molecule has 1 aliphatic heterocycles. The summed E-state index contributed by atoms with van der Waals surface area (Å²) < 4.78 is 5.73. The van der Waals surface area contributed by atoms with Crippen LogP contribution < -0.4 is 4.74 Å². The molecule has 0 radical (unpaired) electrons. The van der Waals surface area contributed by atoms with Gasteiger partial charge < -0.3 is 4.74 Å². The number of benzene rings is 1. The fourth-order valence-corrected chi connectivity index (χ4v) is 1.91. The third-order valence-corrected chi connectivity index (χ3v) is 3.00. The van der Waals surface area contributed by atoms with Crippen LogP contribution in [0.5, 0.6) is 5.75 Å². The first-order valence-electron chi connectivity index (χ1n) is 6.71. The van der Waals surface area contributed by atoms with Crippen molar-refractivity contribution in [3.63, 3.8) is 0 Å². The highest BCUT2D eigenvalue weighted by Gasteiger charge is 2.11. The molecule has 1 atom stereocenters. The highest BCUT2D eigenvalue weighted by atomic mass is 16.5. The Morgan fingerprint density at radius 2 is 1.89 bits per heavy atom. The van der Waals surface area contributed by atoms with E-state index in [1.807, 2.05) is 24.3 Å². The van der Waals surface area contributed by atoms with E-state index in [2.05, 4.69) is 36.2 Å². The van der Waals surface area contributed by atoms with E-state index in [1.165, 1.54) is 6.42 Å². The Labute approximate surface area is 114 Å². The highest BCUT2D eigenvalue weighted by Crippen LogP contribution is 2.23. The fourth-order valence-electron chi connectivity index (χ4n) is 1.91. The lowest BCUT2D eigenvalue weighted by atomic mass is 9.91. The van der Waals surface area contributed by atoms with Crippen LogP contribution in [0.15, 0.2) is 39.7 Å². The third kappa shape index (κ3) is 4.47. The molecule has 0 N–H and O–H groups in total. The minimum atomic E-state index is -0.0325. The van der Waals surface area contributed by atoms with Crippen molar-refractivity contribution >= 4 is 6.21 Å². The van der Waals surface area contributed by atoms with Gasteiger partial charge in [-0.2, -0.15) is 5.11 Å². The summed E-state index contributed by atoms with van der Waals surface area (Å²) in [5.74, 6) is 0.907. The van der Waals surface area contributed by atoms with Gasteiger partial charge in [-0.1, -0.05) is 32.9 Å². The number of hydrogen-bond donors (Lipinski definition) is 0. The first-order chi connectivity index (χ1) is 9.04. The Bertz CT molecular complexity index is 445. The van der Waals surface area contributed by atoms with Crippen LogP contribution in [0.2, 0.25) is 0 Å². The van der Waals surface area contributed by atoms with Crippen LogP contribution in [0, 0.1) is 5.41 Å². The van der Waals surface area contributed by atoms with Crippen molar-refractivity contribution in [2.24, 2.45) is 20.9 Å². The first kappa shape index (κ1) is 13.7. The molecule has 1 heterocycles. The van der Waals surface area contributed by atoms with E-state index in [0.717, 1.165) is 24.3 Å². The molecule has 0 aromatic heterocycles. The van der Waals surface area contributed by atoms with Gasteiger partial charge in [-0.25, -0.2) is 0 Å². The summed E-state index contributed by atoms with van der Waals surface area (Å²) >= 11 is 0. The molecule has 0 saturated heterocycles. The SMILES string of the molecule is CC(C)(C)CCCOc1ccc(C2C=NN=N2)cc1. The van der Waals surface area contributed by atoms with Gasteiger partial charge in [0.2, 0.25) is 0 Å². The number of nitrogens with zero attached hydrogens (tertiary/aromatic N) is 3. The second-order valence-electron chi connectivity index (χ2n) is 6.00. The molecule has 0 spiro atoms. The van der Waals surface area contributed by atoms with Gasteiger partial charge in [0.15, 0.2) is 0 Å². The molecule has 1 unspecified atom stereocenters. The molecule has 0 fully saturated rings. The van der Waals surface area contributed by atoms with Crippen LogP contribution in [-0.2, 0) is 0 Å². The molecule has 2 rings (SSSR count). The quantitative estimate of drug-likeness (QED) is 0.723. The summed E-state index contributed by atoms with van der Waals surface area (Å²) in [6.07, 6.45) is 3.98. The lowest BCUT2D eigenvalue weighted by Crippen LogP contribution is -2.07. The van der Waals surface area contributed by atoms with Crippen LogP contribution in [0.4, 0.5) is 0 Å². The van der Waals surface area contributed by atoms with E-state index in [1.54, 1.807) is 6.21 Å². The minimum Gasteiger partial charge on any atom is -0.494 e. The van der Waals surface area contributed by atoms with E-state index in [-0.39, 0.29) is 6.04 Å². The van der Waals surface area contributed by atoms with Crippen molar-refractivity contribution in [3.05, 3.63) is 29.8 Å². The summed E-state index contributed by atoms with van der Waals surface area (Å²) in [5.41, 5.74) is 1.46. The van der Waals surface area contributed by atoms with E-state index >= 15 is 0 Å². The minimum absolute atomic E-state index is 0.0325. The van der Waals surface area contributed by atoms with Crippen LogP contribution >= 0.6 is 0 Å². The molecule has 0 bridgehead atoms. The van der Waals surface area contributed by atoms with Crippen LogP contribution in [-0.4, -0.2) is 12.8 Å². The molecule has 19 heavy (non-hydrogen) atoms. The van der Waals surface area contributed by atoms with Crippen molar-refractivity contribution in [3.8, 4) is 5.75 Å². The standard InChI is InChI=1S/C15H21N3O/c1-15(2,3)9-4-10-19-13-7-5-12(6-8-13)14-11-16-18-17-14/h5-8,11,14H,4,9-10H2,1-3H3. The molecule has 0 amide bonds. The van der Waals surface area contributed by atoms with Gasteiger partial charge in [0, 0.05) is 0 Å². The Hall–Kier alpha value is -1.71. The Balaban J connectivity index is 1.79. The predicted molar refractivity (Wildman–Crippen MR) is 76.7 cm³/mol. The number of ether oxygens (including phenoxy) is 1. The summed E-state index contributed by atoms with van der Waals surface area (Å²) in [7, 11) is 0. The Morgan fingerprint density at radius 1 is 1.16 bits per heavy atom. The molecule has 1 aromatic rings. The van der Waals surface area contributed by atoms with E-state index in [0.29, 0.717) is 5.41 Å². The van der Waals surface area contributed by atoms with Crippen molar-refractivity contribution in [1.29, 1.82) is 0 Å². The molecule has 4 nitrogen and oxygen atoms in total. The molecule has 1 aliphatic rings. The average Bonchev–Trinajstić information content (AvgIpc) is 2.88. The van der Waals surface area contributed by atoms with Crippen LogP contribution in [0.3, 0.4) is 0 Å². The summed E-state index contributed by atoms with van der Waals surface area (Å²) in [6.45, 7) is 7.51. The summed E-state index contributed by atoms with van der Waals surface area (Å²) in [5, 5.41) is 11.4. The lowest BCUT2D eigenvalue weighted by Gasteiger charge is -2.17. The zero-order valence-corrected chi connectivity index (χ0v) is 11.8. The Morgan fingerprint density at radius 3 is 2.47 bits per heavy atom. The zero-order chi connectivity index (χ0) is 13.7. The topological polar surface area (TPSA) is 46.3 Å². The normalized spacial score (nSPS) is 17.9. The summed E-state index contributed by atoms with van der Waals surface area (Å²) in [4.78, 5) is 0. The van der Waals surface area contributed by atoms with Gasteiger partial charge >= 0.3 is 0 Å². The van der Waals surface area contributed by atoms with Crippen molar-refractivity contribution < 1.29 is 4.74 Å². The van der Waals surface area contributed by atoms with Gasteiger partial charge in [-0.05, 0) is 41.2 Å². The highest BCUT2D eigenvalue weighted by molar-refractivity contribution is 5.68. The smallest absolute Gasteiger partial charge is 0.135 e. The molecule has 102 valence electrons. The molecular formula is C15H21N3O. The van der Waals surface area contributed by atoms with Crippen molar-refractivity contribution in [1.82, 2.24) is 0 Å². The maximum absolute atomic E-state index is 5.73. The molecule has 0 saturated carbocycles. The predicted octanol–water partition coefficient (Wildman–Crippen LogP) is 4.38. The van der Waals surface area contributed by atoms with Crippen LogP contribution in [0.1, 0.15) is 45.2 Å².